The van der Waals surface area contributed by atoms with E-state index in [1.807, 2.05) is 0 Å². The molecule has 2 unspecified atom stereocenters. The lowest BCUT2D eigenvalue weighted by Gasteiger charge is -2.30. The van der Waals surface area contributed by atoms with Crippen molar-refractivity contribution >= 4 is 64.2 Å². The van der Waals surface area contributed by atoms with Crippen molar-refractivity contribution in [1.82, 2.24) is 41.0 Å². The summed E-state index contributed by atoms with van der Waals surface area (Å²) >= 11 is 0. The highest BCUT2D eigenvalue weighted by Gasteiger charge is 2.44. The number of amides is 7. The minimum absolute atomic E-state index is 0.0380. The molecule has 3 aliphatic heterocycles. The third-order valence-electron chi connectivity index (χ3n) is 15.0. The number of rotatable bonds is 21. The van der Waals surface area contributed by atoms with Crippen LogP contribution in [0.25, 0.3) is 22.3 Å². The molecule has 2 aromatic heterocycles. The van der Waals surface area contributed by atoms with Crippen LogP contribution in [0.2, 0.25) is 0 Å². The van der Waals surface area contributed by atoms with E-state index in [4.69, 9.17) is 19.2 Å². The van der Waals surface area contributed by atoms with Crippen LogP contribution in [0, 0.1) is 18.7 Å². The fraction of sp³-hybridized carbons (Fsp3) is 0.436. The van der Waals surface area contributed by atoms with E-state index in [1.54, 1.807) is 43.3 Å². The first-order valence-corrected chi connectivity index (χ1v) is 25.9. The summed E-state index contributed by atoms with van der Waals surface area (Å²) in [6.07, 6.45) is 5.93. The maximum absolute atomic E-state index is 15.4. The molecule has 0 saturated heterocycles. The van der Waals surface area contributed by atoms with Crippen LogP contribution in [-0.4, -0.2) is 118 Å². The molecule has 2 aliphatic carbocycles. The molecule has 2 aromatic carbocycles. The summed E-state index contributed by atoms with van der Waals surface area (Å²) in [7, 11) is 0. The number of unbranched alkanes of at least 4 members (excludes halogenated alkanes) is 2. The number of carbonyl (C=O) groups excluding carboxylic acids is 9. The van der Waals surface area contributed by atoms with Crippen molar-refractivity contribution in [3.63, 3.8) is 0 Å². The summed E-state index contributed by atoms with van der Waals surface area (Å²) in [4.78, 5) is 134. The van der Waals surface area contributed by atoms with Crippen LogP contribution in [-0.2, 0) is 89.0 Å². The number of hydrogen-bond donors (Lipinski definition) is 6. The Labute approximate surface area is 445 Å². The van der Waals surface area contributed by atoms with Gasteiger partial charge >= 0.3 is 11.9 Å². The molecule has 5 atom stereocenters. The molecule has 7 amide bonds. The summed E-state index contributed by atoms with van der Waals surface area (Å²) in [5.41, 5.74) is 2.19. The molecule has 6 N–H and O–H groups in total. The zero-order valence-electron chi connectivity index (χ0n) is 43.0. The Morgan fingerprint density at radius 2 is 1.67 bits per heavy atom. The Bertz CT molecular complexity index is 3210. The Kier molecular flexibility index (Phi) is 16.2. The van der Waals surface area contributed by atoms with Crippen molar-refractivity contribution in [3.8, 4) is 11.4 Å². The maximum atomic E-state index is 15.4. The SMILES string of the molecule is Cc1c(F)cc2nc3c(c4c2c1CC[C@@H]4NC(=O)C1CCC(OCNC(=O)CNC(=O)[C@H](Cc2ccccc2)NC(=O)COC(=O)CNC(=O)CCCCCN2C(=O)C=CC2=O)C1)Cn1c-3cc2c(c1=O)COC(=O)[C@@]2(C)O. The number of imide groups is 1. The van der Waals surface area contributed by atoms with Crippen molar-refractivity contribution in [2.24, 2.45) is 5.92 Å². The number of hydrogen-bond acceptors (Lipinski definition) is 15. The second-order valence-corrected chi connectivity index (χ2v) is 20.3. The van der Waals surface area contributed by atoms with Crippen LogP contribution in [0.15, 0.2) is 59.4 Å². The van der Waals surface area contributed by atoms with Gasteiger partial charge in [-0.25, -0.2) is 14.2 Å². The summed E-state index contributed by atoms with van der Waals surface area (Å²) < 4.78 is 33.0. The minimum Gasteiger partial charge on any atom is -0.458 e. The van der Waals surface area contributed by atoms with E-state index >= 15 is 4.39 Å². The summed E-state index contributed by atoms with van der Waals surface area (Å²) in [6, 6.07) is 10.0. The smallest absolute Gasteiger partial charge is 0.342 e. The van der Waals surface area contributed by atoms with E-state index in [2.05, 4.69) is 26.6 Å². The molecule has 9 rings (SSSR count). The van der Waals surface area contributed by atoms with Crippen molar-refractivity contribution in [2.45, 2.75) is 115 Å². The number of nitrogens with one attached hydrogen (secondary N) is 5. The highest BCUT2D eigenvalue weighted by molar-refractivity contribution is 6.12. The second kappa shape index (κ2) is 23.2. The lowest BCUT2D eigenvalue weighted by Crippen LogP contribution is -2.51. The molecular formula is C55H59FN8O14. The largest absolute Gasteiger partial charge is 0.458 e. The summed E-state index contributed by atoms with van der Waals surface area (Å²) in [6.45, 7) is 1.06. The number of esters is 2. The van der Waals surface area contributed by atoms with Gasteiger partial charge in [0.05, 0.1) is 47.7 Å². The molecule has 0 spiro atoms. The molecular weight excluding hydrogens is 1020 g/mol. The monoisotopic (exact) mass is 1070 g/mol. The Hall–Kier alpha value is -8.18. The summed E-state index contributed by atoms with van der Waals surface area (Å²) in [5, 5.41) is 25.1. The number of benzene rings is 2. The van der Waals surface area contributed by atoms with Crippen LogP contribution in [0.3, 0.4) is 0 Å². The number of carbonyl (C=O) groups is 9. The zero-order valence-corrected chi connectivity index (χ0v) is 43.0. The standard InChI is InChI=1S/C55H59FN8O14/c1-29-33-14-15-38(49-34-25-64-41(50(34)61-39(48(33)49)22-37(29)56)21-36-35(53(64)73)26-77-54(74)55(36,2)75)62-51(71)31-12-13-32(20-31)78-28-59-43(66)23-58-52(72)40(19-30-9-5-3-6-10-30)60-44(67)27-76-47(70)24-57-42(65)11-7-4-8-18-63-45(68)16-17-46(63)69/h3,5-6,9-10,16-17,21-22,31-32,38,40,75H,4,7-8,11-15,18-20,23-28H2,1-2H3,(H,57,65)(H,58,72)(H,59,66)(H,60,67)(H,62,71)/t31?,32?,38-,40-,55-/m0/s1. The van der Waals surface area contributed by atoms with E-state index in [1.165, 1.54) is 29.7 Å². The zero-order chi connectivity index (χ0) is 55.4. The number of halogens is 1. The molecule has 78 heavy (non-hydrogen) atoms. The van der Waals surface area contributed by atoms with Crippen LogP contribution in [0.1, 0.15) is 103 Å². The predicted molar refractivity (Wildman–Crippen MR) is 272 cm³/mol. The number of nitrogens with zero attached hydrogens (tertiary/aromatic N) is 3. The first-order valence-electron chi connectivity index (χ1n) is 25.9. The number of aliphatic hydroxyl groups is 1. The molecule has 1 fully saturated rings. The molecule has 23 heteroatoms. The predicted octanol–water partition coefficient (Wildman–Crippen LogP) is 1.49. The molecule has 22 nitrogen and oxygen atoms in total. The van der Waals surface area contributed by atoms with Crippen molar-refractivity contribution in [1.29, 1.82) is 0 Å². The van der Waals surface area contributed by atoms with Crippen molar-refractivity contribution in [2.75, 3.05) is 33.0 Å². The van der Waals surface area contributed by atoms with Gasteiger partial charge in [0.2, 0.25) is 23.6 Å². The molecule has 410 valence electrons. The van der Waals surface area contributed by atoms with Gasteiger partial charge in [-0.1, -0.05) is 36.8 Å². The number of ether oxygens (including phenoxy) is 3. The van der Waals surface area contributed by atoms with Gasteiger partial charge in [-0.15, -0.1) is 0 Å². The van der Waals surface area contributed by atoms with Crippen LogP contribution >= 0.6 is 0 Å². The molecule has 4 aromatic rings. The van der Waals surface area contributed by atoms with Gasteiger partial charge < -0.3 is 50.5 Å². The van der Waals surface area contributed by atoms with E-state index in [-0.39, 0.29) is 74.2 Å². The lowest BCUT2D eigenvalue weighted by atomic mass is 9.81. The fourth-order valence-corrected chi connectivity index (χ4v) is 10.8. The molecule has 0 radical (unpaired) electrons. The average molecular weight is 1080 g/mol. The normalized spacial score (nSPS) is 20.1. The minimum atomic E-state index is -2.08. The topological polar surface area (TPSA) is 300 Å². The first-order chi connectivity index (χ1) is 37.4. The van der Waals surface area contributed by atoms with Gasteiger partial charge in [-0.3, -0.25) is 48.1 Å². The third kappa shape index (κ3) is 11.7. The van der Waals surface area contributed by atoms with Gasteiger partial charge in [-0.05, 0) is 87.1 Å². The Morgan fingerprint density at radius 3 is 2.44 bits per heavy atom. The maximum Gasteiger partial charge on any atom is 0.342 e. The van der Waals surface area contributed by atoms with Crippen LogP contribution < -0.4 is 32.1 Å². The number of cyclic esters (lactones) is 1. The van der Waals surface area contributed by atoms with E-state index < -0.39 is 90.2 Å². The number of fused-ring (bicyclic) bond motifs is 5. The Morgan fingerprint density at radius 1 is 0.897 bits per heavy atom. The number of aryl methyl sites for hydroxylation is 1. The first kappa shape index (κ1) is 54.6. The third-order valence-corrected chi connectivity index (χ3v) is 15.0. The number of aromatic nitrogens is 2. The fourth-order valence-electron chi connectivity index (χ4n) is 10.8. The van der Waals surface area contributed by atoms with Gasteiger partial charge in [0.1, 0.15) is 31.7 Å². The van der Waals surface area contributed by atoms with Gasteiger partial charge in [0.15, 0.2) is 12.2 Å². The highest BCUT2D eigenvalue weighted by Crippen LogP contribution is 2.46. The van der Waals surface area contributed by atoms with Gasteiger partial charge in [0, 0.05) is 60.0 Å². The Balaban J connectivity index is 0.731. The van der Waals surface area contributed by atoms with Gasteiger partial charge in [-0.2, -0.15) is 0 Å². The van der Waals surface area contributed by atoms with Crippen LogP contribution in [0.5, 0.6) is 0 Å². The van der Waals surface area contributed by atoms with E-state index in [0.29, 0.717) is 90.3 Å². The average Bonchev–Trinajstić information content (AvgIpc) is 4.27. The van der Waals surface area contributed by atoms with Crippen molar-refractivity contribution in [3.05, 3.63) is 110 Å². The van der Waals surface area contributed by atoms with E-state index in [0.717, 1.165) is 16.0 Å². The van der Waals surface area contributed by atoms with Crippen molar-refractivity contribution < 1.29 is 66.9 Å². The van der Waals surface area contributed by atoms with Gasteiger partial charge in [0.25, 0.3) is 23.3 Å². The second-order valence-electron chi connectivity index (χ2n) is 20.3. The number of pyridine rings is 2. The van der Waals surface area contributed by atoms with Crippen LogP contribution in [0.4, 0.5) is 4.39 Å². The lowest BCUT2D eigenvalue weighted by molar-refractivity contribution is -0.169. The molecule has 5 heterocycles. The molecule has 5 aliphatic rings. The molecule has 0 bridgehead atoms. The summed E-state index contributed by atoms with van der Waals surface area (Å²) in [5.74, 6) is -6.15. The highest BCUT2D eigenvalue weighted by atomic mass is 19.1. The quantitative estimate of drug-likeness (QED) is 0.0263. The van der Waals surface area contributed by atoms with E-state index in [9.17, 15) is 53.1 Å². The molecule has 1 saturated carbocycles.